The summed E-state index contributed by atoms with van der Waals surface area (Å²) in [4.78, 5) is 39.8. The number of methoxy groups -OCH3 is 1. The van der Waals surface area contributed by atoms with Crippen molar-refractivity contribution in [3.8, 4) is 0 Å². The molecule has 24 heteroatoms. The Morgan fingerprint density at radius 1 is 0.718 bits per heavy atom. The van der Waals surface area contributed by atoms with Crippen LogP contribution in [0.5, 0.6) is 0 Å². The largest absolute Gasteiger partial charge is 0.744 e. The van der Waals surface area contributed by atoms with Crippen molar-refractivity contribution in [3.63, 3.8) is 0 Å². The average molecular weight is 1060 g/mol. The summed E-state index contributed by atoms with van der Waals surface area (Å²) in [5.74, 6) is -1.99. The van der Waals surface area contributed by atoms with E-state index in [0.29, 0.717) is 76.9 Å². The van der Waals surface area contributed by atoms with Crippen molar-refractivity contribution in [2.24, 2.45) is 0 Å². The van der Waals surface area contributed by atoms with Crippen LogP contribution in [0.2, 0.25) is 0 Å². The molecule has 71 heavy (non-hydrogen) atoms. The predicted octanol–water partition coefficient (Wildman–Crippen LogP) is 4.98. The molecule has 1 fully saturated rings. The zero-order chi connectivity index (χ0) is 52.2. The molecular weight excluding hydrogens is 1010 g/mol. The fourth-order valence-corrected chi connectivity index (χ4v) is 12.5. The molecule has 3 aliphatic heterocycles. The van der Waals surface area contributed by atoms with Crippen LogP contribution in [-0.4, -0.2) is 112 Å². The van der Waals surface area contributed by atoms with Crippen LogP contribution in [0.15, 0.2) is 104 Å². The second kappa shape index (κ2) is 19.4. The molecule has 0 spiro atoms. The normalized spacial score (nSPS) is 19.1. The van der Waals surface area contributed by atoms with E-state index in [0.717, 1.165) is 12.1 Å². The van der Waals surface area contributed by atoms with E-state index in [-0.39, 0.29) is 60.4 Å². The van der Waals surface area contributed by atoms with Gasteiger partial charge in [0.05, 0.1) is 25.0 Å². The number of amides is 2. The summed E-state index contributed by atoms with van der Waals surface area (Å²) in [6.45, 7) is 8.13. The number of carbonyl (C=O) groups excluding carboxylic acids is 3. The molecule has 7 rings (SSSR count). The third-order valence-corrected chi connectivity index (χ3v) is 16.5. The highest BCUT2D eigenvalue weighted by Crippen LogP contribution is 2.54. The number of anilines is 1. The number of hydroxylamine groups is 2. The van der Waals surface area contributed by atoms with Crippen LogP contribution in [0, 0.1) is 0 Å². The highest BCUT2D eigenvalue weighted by molar-refractivity contribution is 7.87. The fraction of sp³-hybridized carbons (Fsp3) is 0.362. The number of unbranched alkanes of at least 4 members (excludes halogenated alkanes) is 2. The molecule has 4 aromatic rings. The molecule has 3 heterocycles. The van der Waals surface area contributed by atoms with Crippen molar-refractivity contribution in [1.29, 1.82) is 0 Å². The minimum absolute atomic E-state index is 0.0324. The molecule has 1 unspecified atom stereocenters. The van der Waals surface area contributed by atoms with E-state index in [1.165, 1.54) is 19.2 Å². The van der Waals surface area contributed by atoms with E-state index >= 15 is 0 Å². The van der Waals surface area contributed by atoms with E-state index in [4.69, 9.17) is 9.57 Å². The predicted molar refractivity (Wildman–Crippen MR) is 251 cm³/mol. The Morgan fingerprint density at radius 3 is 1.82 bits per heavy atom. The Labute approximate surface area is 410 Å². The van der Waals surface area contributed by atoms with Crippen molar-refractivity contribution in [3.05, 3.63) is 95.7 Å². The molecule has 0 N–H and O–H groups in total. The van der Waals surface area contributed by atoms with Crippen LogP contribution in [0.3, 0.4) is 0 Å². The molecule has 0 radical (unpaired) electrons. The second-order valence-electron chi connectivity index (χ2n) is 17.9. The lowest BCUT2D eigenvalue weighted by Crippen LogP contribution is -2.32. The summed E-state index contributed by atoms with van der Waals surface area (Å²) in [7, 11) is -19.6. The topological polar surface area (TPSA) is 308 Å². The molecular formula is C47H48N3O17S4-3. The first kappa shape index (κ1) is 53.1. The van der Waals surface area contributed by atoms with E-state index in [9.17, 15) is 66.3 Å². The Morgan fingerprint density at radius 2 is 1.28 bits per heavy atom. The van der Waals surface area contributed by atoms with Gasteiger partial charge < -0.3 is 32.7 Å². The first-order valence-corrected chi connectivity index (χ1v) is 27.8. The van der Waals surface area contributed by atoms with Crippen molar-refractivity contribution < 1.29 is 80.4 Å². The number of benzene rings is 4. The standard InChI is InChI=1S/C47H51N3O17S4/c1-6-48-35-18-16-31-33(25-29(68(54,55)56)27-37(31)70(60,61)62)44(35)46(2,3)39(48)13-9-7-10-14-40-47(4,22-24-66-5)45-34-26-30(69(57,58)59)28-38(71(63,64)65)32(34)17-19-36(45)49(40)23-12-8-11-15-43(53)67-50-41(51)20-21-42(50)52/h7,9-10,13-14,16-19,25-28H,6,8,11-12,15,20-24H2,1-5H3,(H3-,54,55,56,57,58,59,60,61,62,63,64,65)/p-3. The summed E-state index contributed by atoms with van der Waals surface area (Å²) in [5.41, 5.74) is 1.21. The van der Waals surface area contributed by atoms with Gasteiger partial charge in [-0.2, -0.15) is 4.58 Å². The minimum atomic E-state index is -5.32. The maximum atomic E-state index is 12.6. The Hall–Kier alpha value is -5.70. The molecule has 0 saturated carbocycles. The van der Waals surface area contributed by atoms with Gasteiger partial charge in [0.15, 0.2) is 5.71 Å². The van der Waals surface area contributed by atoms with Crippen LogP contribution in [0.25, 0.3) is 21.5 Å². The van der Waals surface area contributed by atoms with Gasteiger partial charge in [-0.05, 0) is 111 Å². The highest BCUT2D eigenvalue weighted by atomic mass is 32.2. The fourth-order valence-electron chi connectivity index (χ4n) is 9.86. The van der Waals surface area contributed by atoms with Crippen molar-refractivity contribution in [2.75, 3.05) is 31.7 Å². The number of carbonyl (C=O) groups is 3. The molecule has 3 aliphatic rings. The van der Waals surface area contributed by atoms with Gasteiger partial charge in [-0.3, -0.25) is 9.59 Å². The van der Waals surface area contributed by atoms with Crippen molar-refractivity contribution >= 4 is 96.9 Å². The third-order valence-electron chi connectivity index (χ3n) is 13.1. The van der Waals surface area contributed by atoms with Gasteiger partial charge >= 0.3 is 5.97 Å². The van der Waals surface area contributed by atoms with Crippen molar-refractivity contribution in [1.82, 2.24) is 5.06 Å². The summed E-state index contributed by atoms with van der Waals surface area (Å²) in [6, 6.07) is 9.23. The molecule has 0 aromatic heterocycles. The Bertz CT molecular complexity index is 3510. The highest BCUT2D eigenvalue weighted by Gasteiger charge is 2.47. The lowest BCUT2D eigenvalue weighted by molar-refractivity contribution is -0.433. The number of fused-ring (bicyclic) bond motifs is 6. The molecule has 380 valence electrons. The number of hydrogen-bond acceptors (Lipinski definition) is 18. The molecule has 4 aromatic carbocycles. The van der Waals surface area contributed by atoms with Crippen LogP contribution in [0.4, 0.5) is 11.4 Å². The summed E-state index contributed by atoms with van der Waals surface area (Å²) < 4.78 is 156. The molecule has 0 bridgehead atoms. The first-order valence-electron chi connectivity index (χ1n) is 22.1. The molecule has 2 amide bonds. The van der Waals surface area contributed by atoms with Gasteiger partial charge in [0, 0.05) is 79.4 Å². The zero-order valence-corrected chi connectivity index (χ0v) is 42.3. The minimum Gasteiger partial charge on any atom is -0.744 e. The van der Waals surface area contributed by atoms with E-state index in [2.05, 4.69) is 0 Å². The third kappa shape index (κ3) is 10.2. The Kier molecular flexibility index (Phi) is 14.5. The first-order chi connectivity index (χ1) is 33.0. The number of imide groups is 1. The van der Waals surface area contributed by atoms with Crippen LogP contribution >= 0.6 is 0 Å². The lowest BCUT2D eigenvalue weighted by Gasteiger charge is -2.31. The van der Waals surface area contributed by atoms with Gasteiger partial charge in [0.2, 0.25) is 5.69 Å². The quantitative estimate of drug-likeness (QED) is 0.0417. The molecule has 0 aliphatic carbocycles. The monoisotopic (exact) mass is 1050 g/mol. The van der Waals surface area contributed by atoms with E-state index < -0.39 is 88.7 Å². The van der Waals surface area contributed by atoms with Gasteiger partial charge in [-0.15, -0.1) is 5.06 Å². The molecule has 1 atom stereocenters. The number of rotatable bonds is 18. The van der Waals surface area contributed by atoms with Gasteiger partial charge in [0.25, 0.3) is 11.8 Å². The Balaban J connectivity index is 1.28. The maximum Gasteiger partial charge on any atom is 0.333 e. The van der Waals surface area contributed by atoms with Gasteiger partial charge in [-0.25, -0.2) is 38.5 Å². The number of nitrogens with zero attached hydrogens (tertiary/aromatic N) is 3. The maximum absolute atomic E-state index is 12.6. The van der Waals surface area contributed by atoms with E-state index in [1.54, 1.807) is 42.5 Å². The number of allylic oxidation sites excluding steroid dienone is 6. The summed E-state index contributed by atoms with van der Waals surface area (Å²) >= 11 is 0. The summed E-state index contributed by atoms with van der Waals surface area (Å²) in [6.07, 6.45) is 9.89. The zero-order valence-electron chi connectivity index (χ0n) is 39.0. The second-order valence-corrected chi connectivity index (χ2v) is 23.4. The lowest BCUT2D eigenvalue weighted by atomic mass is 9.76. The summed E-state index contributed by atoms with van der Waals surface area (Å²) in [5, 5.41) is 0.445. The number of ether oxygens (including phenoxy) is 1. The molecule has 1 saturated heterocycles. The number of hydrogen-bond donors (Lipinski definition) is 0. The molecule has 20 nitrogen and oxygen atoms in total. The van der Waals surface area contributed by atoms with Crippen LogP contribution < -0.4 is 4.90 Å². The van der Waals surface area contributed by atoms with E-state index in [1.807, 2.05) is 37.2 Å². The SMILES string of the molecule is CC[N+]1=C(/C=C/C=C/C=C2/N(CCCCCC(=O)ON3C(=O)CCC3=O)c3ccc4c(S(=O)(=O)[O-])cc(S(=O)(=O)[O-])cc4c3C2(C)CCOC)C(C)(C)c2c1ccc1c(S(=O)(=O)[O-])cc(S(=O)(=O)[O-])cc21. The average Bonchev–Trinajstić information content (AvgIpc) is 3.81. The van der Waals surface area contributed by atoms with Gasteiger partial charge in [-0.1, -0.05) is 30.7 Å². The van der Waals surface area contributed by atoms with Gasteiger partial charge in [0.1, 0.15) is 47.0 Å². The van der Waals surface area contributed by atoms with Crippen LogP contribution in [0.1, 0.15) is 83.8 Å². The smallest absolute Gasteiger partial charge is 0.333 e. The van der Waals surface area contributed by atoms with Crippen molar-refractivity contribution in [2.45, 2.75) is 103 Å². The van der Waals surface area contributed by atoms with Crippen LogP contribution in [-0.2, 0) is 75.3 Å².